The Morgan fingerprint density at radius 2 is 2.06 bits per heavy atom. The molecule has 17 heavy (non-hydrogen) atoms. The van der Waals surface area contributed by atoms with Gasteiger partial charge < -0.3 is 15.7 Å². The number of hydrogen-bond acceptors (Lipinski definition) is 2. The third-order valence-corrected chi connectivity index (χ3v) is 2.11. The van der Waals surface area contributed by atoms with Crippen LogP contribution in [0.1, 0.15) is 6.92 Å². The minimum Gasteiger partial charge on any atom is -0.481 e. The van der Waals surface area contributed by atoms with Gasteiger partial charge in [-0.05, 0) is 12.1 Å². The Kier molecular flexibility index (Phi) is 4.45. The molecular formula is C11H13FN2O3. The highest BCUT2D eigenvalue weighted by Crippen LogP contribution is 2.11. The zero-order valence-corrected chi connectivity index (χ0v) is 9.24. The van der Waals surface area contributed by atoms with E-state index in [4.69, 9.17) is 5.11 Å². The van der Waals surface area contributed by atoms with E-state index in [0.29, 0.717) is 0 Å². The normalized spacial score (nSPS) is 11.6. The van der Waals surface area contributed by atoms with Gasteiger partial charge in [-0.1, -0.05) is 19.1 Å². The second kappa shape index (κ2) is 5.83. The van der Waals surface area contributed by atoms with Gasteiger partial charge in [0.05, 0.1) is 11.6 Å². The number of para-hydroxylation sites is 1. The van der Waals surface area contributed by atoms with Crippen LogP contribution in [0.15, 0.2) is 24.3 Å². The third-order valence-electron chi connectivity index (χ3n) is 2.11. The van der Waals surface area contributed by atoms with Gasteiger partial charge in [0.25, 0.3) is 0 Å². The summed E-state index contributed by atoms with van der Waals surface area (Å²) in [6, 6.07) is 5.08. The molecule has 1 atom stereocenters. The number of halogens is 1. The number of benzene rings is 1. The van der Waals surface area contributed by atoms with Crippen molar-refractivity contribution in [2.75, 3.05) is 11.9 Å². The van der Waals surface area contributed by atoms with E-state index in [-0.39, 0.29) is 12.2 Å². The standard InChI is InChI=1S/C11H13FN2O3/c1-7(10(15)16)6-13-11(17)14-9-5-3-2-4-8(9)12/h2-5,7H,6H2,1H3,(H,15,16)(H2,13,14,17). The minimum absolute atomic E-state index is 0.0182. The first-order chi connectivity index (χ1) is 8.00. The van der Waals surface area contributed by atoms with Crippen molar-refractivity contribution in [3.05, 3.63) is 30.1 Å². The maximum atomic E-state index is 13.1. The first-order valence-corrected chi connectivity index (χ1v) is 5.03. The van der Waals surface area contributed by atoms with Crippen LogP contribution in [0.25, 0.3) is 0 Å². The van der Waals surface area contributed by atoms with E-state index in [9.17, 15) is 14.0 Å². The largest absolute Gasteiger partial charge is 0.481 e. The summed E-state index contributed by atoms with van der Waals surface area (Å²) in [5.41, 5.74) is 0.0491. The SMILES string of the molecule is CC(CNC(=O)Nc1ccccc1F)C(=O)O. The second-order valence-corrected chi connectivity index (χ2v) is 3.55. The summed E-state index contributed by atoms with van der Waals surface area (Å²) < 4.78 is 13.1. The monoisotopic (exact) mass is 240 g/mol. The molecule has 1 aromatic rings. The summed E-state index contributed by atoms with van der Waals surface area (Å²) in [6.45, 7) is 1.45. The highest BCUT2D eigenvalue weighted by Gasteiger charge is 2.12. The van der Waals surface area contributed by atoms with Crippen molar-refractivity contribution in [2.45, 2.75) is 6.92 Å². The fourth-order valence-electron chi connectivity index (χ4n) is 1.06. The lowest BCUT2D eigenvalue weighted by molar-refractivity contribution is -0.140. The summed E-state index contributed by atoms with van der Waals surface area (Å²) in [4.78, 5) is 21.8. The van der Waals surface area contributed by atoms with Gasteiger partial charge in [-0.3, -0.25) is 4.79 Å². The number of urea groups is 1. The lowest BCUT2D eigenvalue weighted by Gasteiger charge is -2.10. The van der Waals surface area contributed by atoms with Crippen LogP contribution in [-0.4, -0.2) is 23.7 Å². The van der Waals surface area contributed by atoms with Crippen molar-refractivity contribution in [1.29, 1.82) is 0 Å². The second-order valence-electron chi connectivity index (χ2n) is 3.55. The van der Waals surface area contributed by atoms with Crippen LogP contribution >= 0.6 is 0 Å². The summed E-state index contributed by atoms with van der Waals surface area (Å²) in [7, 11) is 0. The van der Waals surface area contributed by atoms with Crippen molar-refractivity contribution in [1.82, 2.24) is 5.32 Å². The van der Waals surface area contributed by atoms with Crippen LogP contribution in [0.4, 0.5) is 14.9 Å². The number of carbonyl (C=O) groups excluding carboxylic acids is 1. The zero-order valence-electron chi connectivity index (χ0n) is 9.24. The summed E-state index contributed by atoms with van der Waals surface area (Å²) in [6.07, 6.45) is 0. The van der Waals surface area contributed by atoms with E-state index in [1.807, 2.05) is 0 Å². The Hall–Kier alpha value is -2.11. The molecule has 92 valence electrons. The molecule has 0 aliphatic rings. The number of carbonyl (C=O) groups is 2. The van der Waals surface area contributed by atoms with Crippen molar-refractivity contribution >= 4 is 17.7 Å². The Morgan fingerprint density at radius 1 is 1.41 bits per heavy atom. The van der Waals surface area contributed by atoms with Gasteiger partial charge in [-0.25, -0.2) is 9.18 Å². The molecule has 0 aliphatic heterocycles. The van der Waals surface area contributed by atoms with E-state index in [1.165, 1.54) is 25.1 Å². The summed E-state index contributed by atoms with van der Waals surface area (Å²) >= 11 is 0. The van der Waals surface area contributed by atoms with Crippen molar-refractivity contribution in [2.24, 2.45) is 5.92 Å². The summed E-state index contributed by atoms with van der Waals surface area (Å²) in [5, 5.41) is 13.2. The van der Waals surface area contributed by atoms with Gasteiger partial charge in [0, 0.05) is 6.54 Å². The van der Waals surface area contributed by atoms with E-state index in [2.05, 4.69) is 10.6 Å². The number of nitrogens with one attached hydrogen (secondary N) is 2. The average Bonchev–Trinajstić information content (AvgIpc) is 2.29. The number of anilines is 1. The summed E-state index contributed by atoms with van der Waals surface area (Å²) in [5.74, 6) is -2.24. The smallest absolute Gasteiger partial charge is 0.319 e. The minimum atomic E-state index is -1.00. The molecule has 0 aromatic heterocycles. The van der Waals surface area contributed by atoms with Gasteiger partial charge in [0.2, 0.25) is 0 Å². The fourth-order valence-corrected chi connectivity index (χ4v) is 1.06. The highest BCUT2D eigenvalue weighted by atomic mass is 19.1. The molecule has 0 spiro atoms. The molecule has 1 rings (SSSR count). The van der Waals surface area contributed by atoms with Crippen LogP contribution in [0, 0.1) is 11.7 Å². The lowest BCUT2D eigenvalue weighted by atomic mass is 10.2. The zero-order chi connectivity index (χ0) is 12.8. The van der Waals surface area contributed by atoms with Gasteiger partial charge in [0.15, 0.2) is 0 Å². The van der Waals surface area contributed by atoms with Crippen LogP contribution in [-0.2, 0) is 4.79 Å². The molecule has 1 aromatic carbocycles. The molecule has 0 saturated heterocycles. The molecule has 0 radical (unpaired) electrons. The number of aliphatic carboxylic acids is 1. The van der Waals surface area contributed by atoms with E-state index in [1.54, 1.807) is 6.07 Å². The topological polar surface area (TPSA) is 78.4 Å². The molecule has 1 unspecified atom stereocenters. The van der Waals surface area contributed by atoms with Crippen LogP contribution in [0.2, 0.25) is 0 Å². The molecule has 3 N–H and O–H groups in total. The van der Waals surface area contributed by atoms with Crippen molar-refractivity contribution < 1.29 is 19.1 Å². The molecule has 6 heteroatoms. The van der Waals surface area contributed by atoms with E-state index in [0.717, 1.165) is 0 Å². The molecular weight excluding hydrogens is 227 g/mol. The molecule has 0 fully saturated rings. The molecule has 5 nitrogen and oxygen atoms in total. The quantitative estimate of drug-likeness (QED) is 0.749. The first kappa shape index (κ1) is 13.0. The fraction of sp³-hybridized carbons (Fsp3) is 0.273. The Labute approximate surface area is 97.6 Å². The molecule has 2 amide bonds. The number of amides is 2. The van der Waals surface area contributed by atoms with Gasteiger partial charge >= 0.3 is 12.0 Å². The predicted octanol–water partition coefficient (Wildman–Crippen LogP) is 1.67. The van der Waals surface area contributed by atoms with Crippen molar-refractivity contribution in [3.8, 4) is 0 Å². The Balaban J connectivity index is 2.46. The van der Waals surface area contributed by atoms with Crippen LogP contribution < -0.4 is 10.6 Å². The number of hydrogen-bond donors (Lipinski definition) is 3. The van der Waals surface area contributed by atoms with E-state index >= 15 is 0 Å². The highest BCUT2D eigenvalue weighted by molar-refractivity contribution is 5.89. The third kappa shape index (κ3) is 4.10. The van der Waals surface area contributed by atoms with Gasteiger partial charge in [-0.15, -0.1) is 0 Å². The maximum Gasteiger partial charge on any atom is 0.319 e. The molecule has 0 bridgehead atoms. The predicted molar refractivity (Wildman–Crippen MR) is 60.2 cm³/mol. The van der Waals surface area contributed by atoms with Crippen LogP contribution in [0.5, 0.6) is 0 Å². The number of carboxylic acid groups (broad SMARTS) is 1. The molecule has 0 aliphatic carbocycles. The Bertz CT molecular complexity index is 423. The van der Waals surface area contributed by atoms with Crippen LogP contribution in [0.3, 0.4) is 0 Å². The number of carboxylic acids is 1. The number of rotatable bonds is 4. The van der Waals surface area contributed by atoms with Gasteiger partial charge in [-0.2, -0.15) is 0 Å². The average molecular weight is 240 g/mol. The van der Waals surface area contributed by atoms with Crippen molar-refractivity contribution in [3.63, 3.8) is 0 Å². The molecule has 0 heterocycles. The van der Waals surface area contributed by atoms with Gasteiger partial charge in [0.1, 0.15) is 5.82 Å². The Morgan fingerprint density at radius 3 is 2.65 bits per heavy atom. The first-order valence-electron chi connectivity index (χ1n) is 5.03. The lowest BCUT2D eigenvalue weighted by Crippen LogP contribution is -2.34. The van der Waals surface area contributed by atoms with E-state index < -0.39 is 23.7 Å². The maximum absolute atomic E-state index is 13.1. The molecule has 0 saturated carbocycles.